The van der Waals surface area contributed by atoms with Gasteiger partial charge in [0.05, 0.1) is 6.42 Å². The van der Waals surface area contributed by atoms with Crippen molar-refractivity contribution in [2.24, 2.45) is 5.92 Å². The van der Waals surface area contributed by atoms with Crippen LogP contribution in [0, 0.1) is 5.92 Å². The van der Waals surface area contributed by atoms with Gasteiger partial charge in [0, 0.05) is 0 Å². The molecule has 0 aliphatic carbocycles. The Labute approximate surface area is 127 Å². The first kappa shape index (κ1) is 15.2. The van der Waals surface area contributed by atoms with Gasteiger partial charge in [-0.2, -0.15) is 0 Å². The molecule has 1 aromatic rings. The Bertz CT molecular complexity index is 478. The smallest absolute Gasteiger partial charge is 0.328 e. The highest BCUT2D eigenvalue weighted by Crippen LogP contribution is 2.40. The van der Waals surface area contributed by atoms with Gasteiger partial charge in [0.15, 0.2) is 10.6 Å². The van der Waals surface area contributed by atoms with Crippen LogP contribution >= 0.6 is 15.9 Å². The van der Waals surface area contributed by atoms with Gasteiger partial charge in [0.2, 0.25) is 0 Å². The fraction of sp³-hybridized carbons (Fsp3) is 0.500. The first-order valence-corrected chi connectivity index (χ1v) is 7.81. The zero-order valence-electron chi connectivity index (χ0n) is 11.8. The van der Waals surface area contributed by atoms with E-state index in [4.69, 9.17) is 4.74 Å². The topological polar surface area (TPSA) is 43.4 Å². The lowest BCUT2D eigenvalue weighted by Gasteiger charge is -2.38. The maximum atomic E-state index is 12.1. The average Bonchev–Trinajstić information content (AvgIpc) is 2.43. The number of ether oxygens (including phenoxy) is 1. The number of carbonyl (C=O) groups excluding carboxylic acids is 2. The Morgan fingerprint density at radius 3 is 2.50 bits per heavy atom. The van der Waals surface area contributed by atoms with Crippen LogP contribution in [0.4, 0.5) is 0 Å². The van der Waals surface area contributed by atoms with Crippen LogP contribution < -0.4 is 0 Å². The lowest BCUT2D eigenvalue weighted by atomic mass is 9.80. The Balaban J connectivity index is 2.35. The molecule has 0 bridgehead atoms. The molecule has 4 heteroatoms. The van der Waals surface area contributed by atoms with Gasteiger partial charge < -0.3 is 4.74 Å². The molecule has 2 unspecified atom stereocenters. The Hall–Kier alpha value is -1.16. The number of rotatable bonds is 4. The van der Waals surface area contributed by atoms with Crippen molar-refractivity contribution >= 4 is 27.7 Å². The summed E-state index contributed by atoms with van der Waals surface area (Å²) >= 11 is 3.10. The molecule has 0 amide bonds. The van der Waals surface area contributed by atoms with Crippen molar-refractivity contribution in [3.63, 3.8) is 0 Å². The number of esters is 1. The van der Waals surface area contributed by atoms with Crippen molar-refractivity contribution in [1.82, 2.24) is 0 Å². The summed E-state index contributed by atoms with van der Waals surface area (Å²) in [7, 11) is 0. The third kappa shape index (κ3) is 3.11. The number of alkyl halides is 1. The Morgan fingerprint density at radius 2 is 1.95 bits per heavy atom. The zero-order valence-corrected chi connectivity index (χ0v) is 13.4. The van der Waals surface area contributed by atoms with E-state index in [9.17, 15) is 9.59 Å². The minimum absolute atomic E-state index is 0.103. The molecule has 0 radical (unpaired) electrons. The fourth-order valence-electron chi connectivity index (χ4n) is 2.49. The van der Waals surface area contributed by atoms with Gasteiger partial charge in [-0.1, -0.05) is 60.1 Å². The number of hydrogen-bond donors (Lipinski definition) is 0. The zero-order chi connectivity index (χ0) is 14.8. The average molecular weight is 339 g/mol. The molecule has 1 heterocycles. The summed E-state index contributed by atoms with van der Waals surface area (Å²) in [5.74, 6) is -0.0891. The molecule has 3 nitrogen and oxygen atoms in total. The molecule has 1 saturated heterocycles. The normalized spacial score (nSPS) is 26.7. The van der Waals surface area contributed by atoms with Crippen LogP contribution in [0.5, 0.6) is 0 Å². The van der Waals surface area contributed by atoms with Crippen molar-refractivity contribution in [1.29, 1.82) is 0 Å². The van der Waals surface area contributed by atoms with Crippen LogP contribution in [-0.4, -0.2) is 16.6 Å². The van der Waals surface area contributed by atoms with E-state index >= 15 is 0 Å². The SMILES string of the molecule is CC(C)CCC1(c2ccccc2)CC(=O)C(Br)C(=O)O1. The van der Waals surface area contributed by atoms with Crippen LogP contribution in [0.2, 0.25) is 0 Å². The summed E-state index contributed by atoms with van der Waals surface area (Å²) in [5.41, 5.74) is 0.103. The van der Waals surface area contributed by atoms with E-state index in [-0.39, 0.29) is 12.2 Å². The number of hydrogen-bond acceptors (Lipinski definition) is 3. The fourth-order valence-corrected chi connectivity index (χ4v) is 2.75. The van der Waals surface area contributed by atoms with E-state index in [1.807, 2.05) is 30.3 Å². The minimum Gasteiger partial charge on any atom is -0.453 e. The van der Waals surface area contributed by atoms with E-state index in [0.29, 0.717) is 12.3 Å². The number of halogens is 1. The summed E-state index contributed by atoms with van der Waals surface area (Å²) < 4.78 is 5.69. The summed E-state index contributed by atoms with van der Waals surface area (Å²) in [6, 6.07) is 9.58. The van der Waals surface area contributed by atoms with Crippen LogP contribution in [0.15, 0.2) is 30.3 Å². The molecule has 20 heavy (non-hydrogen) atoms. The van der Waals surface area contributed by atoms with Gasteiger partial charge in [0.25, 0.3) is 0 Å². The van der Waals surface area contributed by atoms with Crippen LogP contribution in [0.3, 0.4) is 0 Å². The second kappa shape index (κ2) is 6.08. The summed E-state index contributed by atoms with van der Waals surface area (Å²) in [6.07, 6.45) is 1.82. The number of ketones is 1. The molecule has 1 aliphatic rings. The molecule has 0 spiro atoms. The quantitative estimate of drug-likeness (QED) is 0.478. The molecule has 0 saturated carbocycles. The molecule has 2 atom stereocenters. The van der Waals surface area contributed by atoms with E-state index in [2.05, 4.69) is 29.8 Å². The lowest BCUT2D eigenvalue weighted by molar-refractivity contribution is -0.172. The summed E-state index contributed by atoms with van der Waals surface area (Å²) in [5, 5.41) is 0. The molecule has 2 rings (SSSR count). The Morgan fingerprint density at radius 1 is 1.30 bits per heavy atom. The molecule has 1 aliphatic heterocycles. The Kier molecular flexibility index (Phi) is 4.63. The van der Waals surface area contributed by atoms with E-state index in [1.54, 1.807) is 0 Å². The highest BCUT2D eigenvalue weighted by atomic mass is 79.9. The first-order valence-electron chi connectivity index (χ1n) is 6.90. The van der Waals surface area contributed by atoms with Gasteiger partial charge in [-0.15, -0.1) is 0 Å². The van der Waals surface area contributed by atoms with Crippen molar-refractivity contribution in [2.45, 2.75) is 43.5 Å². The van der Waals surface area contributed by atoms with Crippen molar-refractivity contribution in [3.05, 3.63) is 35.9 Å². The first-order chi connectivity index (χ1) is 9.44. The molecule has 0 N–H and O–H groups in total. The number of carbonyl (C=O) groups is 2. The van der Waals surface area contributed by atoms with Gasteiger partial charge >= 0.3 is 5.97 Å². The van der Waals surface area contributed by atoms with Gasteiger partial charge in [-0.3, -0.25) is 9.59 Å². The summed E-state index contributed by atoms with van der Waals surface area (Å²) in [4.78, 5) is 23.2. The molecule has 0 aromatic heterocycles. The predicted molar refractivity (Wildman–Crippen MR) is 80.6 cm³/mol. The van der Waals surface area contributed by atoms with E-state index in [0.717, 1.165) is 12.0 Å². The van der Waals surface area contributed by atoms with Crippen LogP contribution in [0.1, 0.15) is 38.7 Å². The highest BCUT2D eigenvalue weighted by molar-refractivity contribution is 9.10. The largest absolute Gasteiger partial charge is 0.453 e. The molecule has 1 fully saturated rings. The van der Waals surface area contributed by atoms with Crippen LogP contribution in [-0.2, 0) is 19.9 Å². The molecular weight excluding hydrogens is 320 g/mol. The minimum atomic E-state index is -0.821. The van der Waals surface area contributed by atoms with Gasteiger partial charge in [0.1, 0.15) is 5.60 Å². The van der Waals surface area contributed by atoms with Gasteiger partial charge in [-0.25, -0.2) is 0 Å². The van der Waals surface area contributed by atoms with Crippen molar-refractivity contribution in [3.8, 4) is 0 Å². The molecule has 108 valence electrons. The second-order valence-electron chi connectivity index (χ2n) is 5.72. The second-order valence-corrected chi connectivity index (χ2v) is 6.64. The third-order valence-corrected chi connectivity index (χ3v) is 4.56. The standard InChI is InChI=1S/C16H19BrO3/c1-11(2)8-9-16(12-6-4-3-5-7-12)10-13(18)14(17)15(19)20-16/h3-7,11,14H,8-10H2,1-2H3. The molecular formula is C16H19BrO3. The van der Waals surface area contributed by atoms with E-state index < -0.39 is 16.4 Å². The molecule has 1 aromatic carbocycles. The maximum Gasteiger partial charge on any atom is 0.328 e. The number of cyclic esters (lactones) is 1. The third-order valence-electron chi connectivity index (χ3n) is 3.67. The lowest BCUT2D eigenvalue weighted by Crippen LogP contribution is -2.46. The monoisotopic (exact) mass is 338 g/mol. The van der Waals surface area contributed by atoms with E-state index in [1.165, 1.54) is 0 Å². The maximum absolute atomic E-state index is 12.1. The van der Waals surface area contributed by atoms with Crippen molar-refractivity contribution < 1.29 is 14.3 Å². The highest BCUT2D eigenvalue weighted by Gasteiger charge is 2.46. The predicted octanol–water partition coefficient (Wildman–Crippen LogP) is 3.60. The number of Topliss-reactive ketones (excluding diaryl/α,β-unsaturated/α-hetero) is 1. The summed E-state index contributed by atoms with van der Waals surface area (Å²) in [6.45, 7) is 4.25. The number of benzene rings is 1. The van der Waals surface area contributed by atoms with Crippen molar-refractivity contribution in [2.75, 3.05) is 0 Å². The van der Waals surface area contributed by atoms with Crippen LogP contribution in [0.25, 0.3) is 0 Å². The van der Waals surface area contributed by atoms with Gasteiger partial charge in [-0.05, 0) is 24.3 Å².